The Morgan fingerprint density at radius 2 is 1.91 bits per heavy atom. The molecule has 1 aromatic carbocycles. The van der Waals surface area contributed by atoms with Gasteiger partial charge in [-0.1, -0.05) is 18.2 Å². The fraction of sp³-hybridized carbons (Fsp3) is 0.333. The monoisotopic (exact) mass is 344 g/mol. The minimum atomic E-state index is -0.0172. The number of rotatable bonds is 5. The molecular weight excluding hydrogens is 324 g/mol. The zero-order chi connectivity index (χ0) is 15.9. The van der Waals surface area contributed by atoms with E-state index in [0.29, 0.717) is 11.1 Å². The minimum absolute atomic E-state index is 0.0172. The lowest BCUT2D eigenvalue weighted by molar-refractivity contribution is 0.0954. The summed E-state index contributed by atoms with van der Waals surface area (Å²) in [6.45, 7) is 0.603. The molecule has 0 radical (unpaired) electrons. The van der Waals surface area contributed by atoms with E-state index < -0.39 is 0 Å². The summed E-state index contributed by atoms with van der Waals surface area (Å²) < 4.78 is 0.519. The average molecular weight is 345 g/mol. The predicted molar refractivity (Wildman–Crippen MR) is 99.0 cm³/mol. The molecule has 2 aromatic rings. The van der Waals surface area contributed by atoms with Crippen LogP contribution in [0.1, 0.15) is 32.6 Å². The quantitative estimate of drug-likeness (QED) is 0.892. The highest BCUT2D eigenvalue weighted by Crippen LogP contribution is 2.43. The molecule has 1 saturated heterocycles. The molecule has 1 aromatic heterocycles. The van der Waals surface area contributed by atoms with Gasteiger partial charge in [0, 0.05) is 30.4 Å². The molecule has 0 saturated carbocycles. The fourth-order valence-corrected chi connectivity index (χ4v) is 5.32. The molecule has 5 heteroatoms. The van der Waals surface area contributed by atoms with Gasteiger partial charge in [0.1, 0.15) is 0 Å². The van der Waals surface area contributed by atoms with Crippen molar-refractivity contribution in [2.24, 2.45) is 0 Å². The van der Waals surface area contributed by atoms with Gasteiger partial charge in [-0.2, -0.15) is 0 Å². The van der Waals surface area contributed by atoms with Gasteiger partial charge in [0.2, 0.25) is 0 Å². The maximum Gasteiger partial charge on any atom is 0.251 e. The zero-order valence-electron chi connectivity index (χ0n) is 12.9. The second-order valence-electron chi connectivity index (χ2n) is 5.38. The van der Waals surface area contributed by atoms with Crippen molar-refractivity contribution < 1.29 is 4.79 Å². The van der Waals surface area contributed by atoms with Gasteiger partial charge in [0.15, 0.2) is 0 Å². The van der Waals surface area contributed by atoms with E-state index in [9.17, 15) is 4.79 Å². The molecule has 0 aliphatic carbocycles. The van der Waals surface area contributed by atoms with Crippen molar-refractivity contribution >= 4 is 29.4 Å². The fourth-order valence-electron chi connectivity index (χ4n) is 2.42. The molecule has 3 nitrogen and oxygen atoms in total. The van der Waals surface area contributed by atoms with Crippen LogP contribution in [0.2, 0.25) is 0 Å². The summed E-state index contributed by atoms with van der Waals surface area (Å²) in [4.78, 5) is 16.4. The van der Waals surface area contributed by atoms with Crippen molar-refractivity contribution in [3.63, 3.8) is 0 Å². The first-order valence-electron chi connectivity index (χ1n) is 7.84. The van der Waals surface area contributed by atoms with Gasteiger partial charge < -0.3 is 5.32 Å². The Kier molecular flexibility index (Phi) is 6.00. The van der Waals surface area contributed by atoms with Crippen LogP contribution in [-0.2, 0) is 6.42 Å². The van der Waals surface area contributed by atoms with Gasteiger partial charge in [-0.05, 0) is 47.8 Å². The highest BCUT2D eigenvalue weighted by atomic mass is 32.2. The molecule has 3 rings (SSSR count). The summed E-state index contributed by atoms with van der Waals surface area (Å²) in [6.07, 6.45) is 3.82. The Hall–Kier alpha value is -1.46. The first-order chi connectivity index (χ1) is 11.3. The molecule has 1 aliphatic rings. The van der Waals surface area contributed by atoms with E-state index in [2.05, 4.69) is 22.4 Å². The molecule has 1 aliphatic heterocycles. The van der Waals surface area contributed by atoms with E-state index in [1.54, 1.807) is 6.20 Å². The highest BCUT2D eigenvalue weighted by Gasteiger charge is 2.16. The van der Waals surface area contributed by atoms with Crippen LogP contribution < -0.4 is 5.32 Å². The number of thioether (sulfide) groups is 2. The van der Waals surface area contributed by atoms with Gasteiger partial charge in [-0.25, -0.2) is 0 Å². The summed E-state index contributed by atoms with van der Waals surface area (Å²) in [5.74, 6) is 2.44. The summed E-state index contributed by atoms with van der Waals surface area (Å²) in [5.41, 5.74) is 3.03. The lowest BCUT2D eigenvalue weighted by atomic mass is 10.1. The number of hydrogen-bond donors (Lipinski definition) is 1. The Balaban J connectivity index is 1.51. The first-order valence-corrected chi connectivity index (χ1v) is 9.94. The van der Waals surface area contributed by atoms with Gasteiger partial charge in [0.25, 0.3) is 5.91 Å². The third-order valence-electron chi connectivity index (χ3n) is 3.67. The number of carbonyl (C=O) groups excluding carboxylic acids is 1. The molecular formula is C18H20N2OS2. The van der Waals surface area contributed by atoms with E-state index in [1.165, 1.54) is 23.5 Å². The Labute approximate surface area is 145 Å². The standard InChI is InChI=1S/C18H20N2OS2/c21-17(20-11-9-16-4-1-2-10-19-16)14-5-7-15(8-6-14)18-22-12-3-13-23-18/h1-2,4-8,10,18H,3,9,11-13H2,(H,20,21). The van der Waals surface area contributed by atoms with Crippen LogP contribution in [-0.4, -0.2) is 28.9 Å². The first kappa shape index (κ1) is 16.4. The third kappa shape index (κ3) is 4.75. The highest BCUT2D eigenvalue weighted by molar-refractivity contribution is 8.16. The molecule has 2 heterocycles. The molecule has 0 spiro atoms. The van der Waals surface area contributed by atoms with E-state index in [1.807, 2.05) is 53.9 Å². The molecule has 0 unspecified atom stereocenters. The maximum absolute atomic E-state index is 12.2. The largest absolute Gasteiger partial charge is 0.352 e. The summed E-state index contributed by atoms with van der Waals surface area (Å²) >= 11 is 4.00. The average Bonchev–Trinajstić information content (AvgIpc) is 2.63. The second-order valence-corrected chi connectivity index (χ2v) is 8.10. The summed E-state index contributed by atoms with van der Waals surface area (Å²) in [7, 11) is 0. The summed E-state index contributed by atoms with van der Waals surface area (Å²) in [6, 6.07) is 13.9. The number of carbonyl (C=O) groups is 1. The van der Waals surface area contributed by atoms with E-state index >= 15 is 0 Å². The molecule has 1 N–H and O–H groups in total. The molecule has 0 atom stereocenters. The Bertz CT molecular complexity index is 625. The van der Waals surface area contributed by atoms with Crippen LogP contribution in [0.3, 0.4) is 0 Å². The van der Waals surface area contributed by atoms with Gasteiger partial charge in [0.05, 0.1) is 4.58 Å². The number of benzene rings is 1. The predicted octanol–water partition coefficient (Wildman–Crippen LogP) is 3.92. The number of hydrogen-bond acceptors (Lipinski definition) is 4. The zero-order valence-corrected chi connectivity index (χ0v) is 14.5. The Morgan fingerprint density at radius 3 is 2.61 bits per heavy atom. The van der Waals surface area contributed by atoms with Crippen LogP contribution in [0, 0.1) is 0 Å². The smallest absolute Gasteiger partial charge is 0.251 e. The van der Waals surface area contributed by atoms with Crippen LogP contribution in [0.5, 0.6) is 0 Å². The normalized spacial score (nSPS) is 15.3. The van der Waals surface area contributed by atoms with Crippen LogP contribution >= 0.6 is 23.5 Å². The number of pyridine rings is 1. The van der Waals surface area contributed by atoms with Gasteiger partial charge in [-0.3, -0.25) is 9.78 Å². The van der Waals surface area contributed by atoms with Crippen molar-refractivity contribution in [1.82, 2.24) is 10.3 Å². The van der Waals surface area contributed by atoms with Crippen molar-refractivity contribution in [3.8, 4) is 0 Å². The second kappa shape index (κ2) is 8.41. The molecule has 1 amide bonds. The third-order valence-corrected chi connectivity index (χ3v) is 6.68. The topological polar surface area (TPSA) is 42.0 Å². The molecule has 120 valence electrons. The van der Waals surface area contributed by atoms with Crippen molar-refractivity contribution in [2.75, 3.05) is 18.1 Å². The number of amides is 1. The number of aromatic nitrogens is 1. The SMILES string of the molecule is O=C(NCCc1ccccn1)c1ccc(C2SCCCS2)cc1. The lowest BCUT2D eigenvalue weighted by Gasteiger charge is -2.21. The Morgan fingerprint density at radius 1 is 1.13 bits per heavy atom. The van der Waals surface area contributed by atoms with Crippen molar-refractivity contribution in [2.45, 2.75) is 17.4 Å². The van der Waals surface area contributed by atoms with E-state index in [4.69, 9.17) is 0 Å². The van der Waals surface area contributed by atoms with Crippen molar-refractivity contribution in [1.29, 1.82) is 0 Å². The number of nitrogens with one attached hydrogen (secondary N) is 1. The van der Waals surface area contributed by atoms with E-state index in [0.717, 1.165) is 17.7 Å². The molecule has 23 heavy (non-hydrogen) atoms. The maximum atomic E-state index is 12.2. The van der Waals surface area contributed by atoms with Crippen LogP contribution in [0.4, 0.5) is 0 Å². The molecule has 1 fully saturated rings. The van der Waals surface area contributed by atoms with E-state index in [-0.39, 0.29) is 5.91 Å². The van der Waals surface area contributed by atoms with Crippen LogP contribution in [0.25, 0.3) is 0 Å². The minimum Gasteiger partial charge on any atom is -0.352 e. The summed E-state index contributed by atoms with van der Waals surface area (Å²) in [5, 5.41) is 2.96. The van der Waals surface area contributed by atoms with Gasteiger partial charge >= 0.3 is 0 Å². The van der Waals surface area contributed by atoms with Crippen LogP contribution in [0.15, 0.2) is 48.7 Å². The lowest BCUT2D eigenvalue weighted by Crippen LogP contribution is -2.25. The molecule has 0 bridgehead atoms. The van der Waals surface area contributed by atoms with Gasteiger partial charge in [-0.15, -0.1) is 23.5 Å². The van der Waals surface area contributed by atoms with Crippen molar-refractivity contribution in [3.05, 3.63) is 65.5 Å². The number of nitrogens with zero attached hydrogens (tertiary/aromatic N) is 1.